The summed E-state index contributed by atoms with van der Waals surface area (Å²) < 4.78 is 0.968. The number of nitrogens with zero attached hydrogens (tertiary/aromatic N) is 1. The second kappa shape index (κ2) is 4.94. The number of nitrogens with one attached hydrogen (secondary N) is 1. The fraction of sp³-hybridized carbons (Fsp3) is 0.167. The summed E-state index contributed by atoms with van der Waals surface area (Å²) in [5.41, 5.74) is 1.46. The second-order valence-electron chi connectivity index (χ2n) is 3.73. The summed E-state index contributed by atoms with van der Waals surface area (Å²) in [7, 11) is 0. The van der Waals surface area contributed by atoms with E-state index in [2.05, 4.69) is 39.9 Å². The quantitative estimate of drug-likeness (QED) is 0.784. The van der Waals surface area contributed by atoms with Gasteiger partial charge >= 0.3 is 0 Å². The molecular weight excluding hydrogens is 300 g/mol. The average molecular weight is 309 g/mol. The third-order valence-corrected chi connectivity index (χ3v) is 3.53. The molecule has 0 aliphatic carbocycles. The number of allylic oxidation sites excluding steroid dienone is 1. The first-order valence-electron chi connectivity index (χ1n) is 5.00. The molecule has 0 unspecified atom stereocenters. The van der Waals surface area contributed by atoms with Crippen LogP contribution in [0.25, 0.3) is 0 Å². The molecule has 1 aromatic rings. The van der Waals surface area contributed by atoms with Crippen molar-refractivity contribution in [1.29, 1.82) is 5.26 Å². The Bertz CT molecular complexity index is 530. The molecule has 17 heavy (non-hydrogen) atoms. The predicted molar refractivity (Wildman–Crippen MR) is 71.3 cm³/mol. The van der Waals surface area contributed by atoms with Crippen LogP contribution in [0.15, 0.2) is 39.3 Å². The van der Waals surface area contributed by atoms with Crippen LogP contribution in [0, 0.1) is 11.3 Å². The summed E-state index contributed by atoms with van der Waals surface area (Å²) >= 11 is 7.50. The lowest BCUT2D eigenvalue weighted by Crippen LogP contribution is -2.29. The normalized spacial score (nSPS) is 19.8. The lowest BCUT2D eigenvalue weighted by molar-refractivity contribution is -0.120. The van der Waals surface area contributed by atoms with Crippen LogP contribution < -0.4 is 5.32 Å². The van der Waals surface area contributed by atoms with E-state index >= 15 is 0 Å². The Morgan fingerprint density at radius 2 is 2.06 bits per heavy atom. The Morgan fingerprint density at radius 3 is 2.65 bits per heavy atom. The molecule has 1 N–H and O–H groups in total. The van der Waals surface area contributed by atoms with Crippen molar-refractivity contribution in [3.8, 4) is 6.07 Å². The van der Waals surface area contributed by atoms with Gasteiger partial charge in [0.15, 0.2) is 0 Å². The van der Waals surface area contributed by atoms with Gasteiger partial charge in [0.2, 0.25) is 5.91 Å². The minimum atomic E-state index is -0.200. The standard InChI is InChI=1S/C12H9BrN2OS/c13-8-3-1-7(2-4-8)9-5-11(16)15-12(17)10(9)6-14/h1-4,9,17H,5H2,(H,15,16)/t9-/m0/s1. The minimum Gasteiger partial charge on any atom is -0.320 e. The van der Waals surface area contributed by atoms with Crippen molar-refractivity contribution >= 4 is 34.5 Å². The Hall–Kier alpha value is -1.25. The summed E-state index contributed by atoms with van der Waals surface area (Å²) in [6.45, 7) is 0. The zero-order chi connectivity index (χ0) is 12.4. The number of thiol groups is 1. The van der Waals surface area contributed by atoms with Gasteiger partial charge in [-0.05, 0) is 17.7 Å². The average Bonchev–Trinajstić information content (AvgIpc) is 2.29. The zero-order valence-corrected chi connectivity index (χ0v) is 11.3. The van der Waals surface area contributed by atoms with Crippen LogP contribution in [0.2, 0.25) is 0 Å². The number of nitriles is 1. The largest absolute Gasteiger partial charge is 0.320 e. The van der Waals surface area contributed by atoms with Crippen molar-refractivity contribution in [2.75, 3.05) is 0 Å². The highest BCUT2D eigenvalue weighted by Crippen LogP contribution is 2.33. The van der Waals surface area contributed by atoms with E-state index in [9.17, 15) is 4.79 Å². The molecule has 1 aliphatic heterocycles. The number of halogens is 1. The lowest BCUT2D eigenvalue weighted by atomic mass is 9.87. The van der Waals surface area contributed by atoms with Crippen LogP contribution in [0.1, 0.15) is 17.9 Å². The second-order valence-corrected chi connectivity index (χ2v) is 5.09. The molecule has 3 nitrogen and oxygen atoms in total. The number of hydrogen-bond acceptors (Lipinski definition) is 3. The maximum Gasteiger partial charge on any atom is 0.225 e. The van der Waals surface area contributed by atoms with Crippen LogP contribution in [0.5, 0.6) is 0 Å². The molecular formula is C12H9BrN2OS. The van der Waals surface area contributed by atoms with E-state index in [-0.39, 0.29) is 18.2 Å². The van der Waals surface area contributed by atoms with E-state index in [1.54, 1.807) is 0 Å². The first kappa shape index (κ1) is 12.2. The van der Waals surface area contributed by atoms with E-state index in [1.807, 2.05) is 24.3 Å². The molecule has 1 aromatic carbocycles. The highest BCUT2D eigenvalue weighted by atomic mass is 79.9. The molecule has 0 aromatic heterocycles. The number of carbonyl (C=O) groups excluding carboxylic acids is 1. The molecule has 5 heteroatoms. The molecule has 1 atom stereocenters. The third-order valence-electron chi connectivity index (χ3n) is 2.64. The van der Waals surface area contributed by atoms with Crippen molar-refractivity contribution in [2.45, 2.75) is 12.3 Å². The monoisotopic (exact) mass is 308 g/mol. The van der Waals surface area contributed by atoms with Crippen LogP contribution in [-0.4, -0.2) is 5.91 Å². The van der Waals surface area contributed by atoms with Crippen LogP contribution in [0.3, 0.4) is 0 Å². The summed E-state index contributed by atoms with van der Waals surface area (Å²) in [6.07, 6.45) is 0.286. The fourth-order valence-corrected chi connectivity index (χ4v) is 2.41. The molecule has 1 amide bonds. The Balaban J connectivity index is 2.43. The number of amides is 1. The van der Waals surface area contributed by atoms with E-state index in [1.165, 1.54) is 0 Å². The molecule has 86 valence electrons. The van der Waals surface area contributed by atoms with Gasteiger partial charge in [0, 0.05) is 16.8 Å². The molecule has 1 heterocycles. The highest BCUT2D eigenvalue weighted by molar-refractivity contribution is 9.10. The van der Waals surface area contributed by atoms with Gasteiger partial charge < -0.3 is 5.32 Å². The maximum atomic E-state index is 11.5. The maximum absolute atomic E-state index is 11.5. The van der Waals surface area contributed by atoms with E-state index in [4.69, 9.17) is 5.26 Å². The van der Waals surface area contributed by atoms with Gasteiger partial charge in [-0.1, -0.05) is 28.1 Å². The number of benzene rings is 1. The van der Waals surface area contributed by atoms with Crippen molar-refractivity contribution < 1.29 is 4.79 Å². The summed E-state index contributed by atoms with van der Waals surface area (Å²) in [5, 5.41) is 12.0. The SMILES string of the molecule is N#CC1=C(S)NC(=O)C[C@H]1c1ccc(Br)cc1. The first-order chi connectivity index (χ1) is 8.11. The molecule has 1 aliphatic rings. The predicted octanol–water partition coefficient (Wildman–Crippen LogP) is 2.72. The number of carbonyl (C=O) groups is 1. The molecule has 0 bridgehead atoms. The molecule has 0 spiro atoms. The van der Waals surface area contributed by atoms with Crippen LogP contribution in [0.4, 0.5) is 0 Å². The van der Waals surface area contributed by atoms with E-state index in [0.29, 0.717) is 10.6 Å². The van der Waals surface area contributed by atoms with Gasteiger partial charge in [0.25, 0.3) is 0 Å². The summed E-state index contributed by atoms with van der Waals surface area (Å²) in [6, 6.07) is 9.73. The Kier molecular flexibility index (Phi) is 3.55. The minimum absolute atomic E-state index is 0.109. The zero-order valence-electron chi connectivity index (χ0n) is 8.77. The number of hydrogen-bond donors (Lipinski definition) is 2. The van der Waals surface area contributed by atoms with E-state index in [0.717, 1.165) is 10.0 Å². The smallest absolute Gasteiger partial charge is 0.225 e. The fourth-order valence-electron chi connectivity index (χ4n) is 1.81. The van der Waals surface area contributed by atoms with Gasteiger partial charge in [0.05, 0.1) is 16.7 Å². The topological polar surface area (TPSA) is 52.9 Å². The van der Waals surface area contributed by atoms with Gasteiger partial charge in [-0.15, -0.1) is 12.6 Å². The van der Waals surface area contributed by atoms with Gasteiger partial charge in [-0.25, -0.2) is 0 Å². The van der Waals surface area contributed by atoms with Gasteiger partial charge in [0.1, 0.15) is 0 Å². The Labute approximate surface area is 113 Å². The van der Waals surface area contributed by atoms with Crippen LogP contribution >= 0.6 is 28.6 Å². The van der Waals surface area contributed by atoms with E-state index < -0.39 is 0 Å². The molecule has 2 rings (SSSR count). The first-order valence-corrected chi connectivity index (χ1v) is 6.24. The number of rotatable bonds is 1. The highest BCUT2D eigenvalue weighted by Gasteiger charge is 2.27. The molecule has 0 saturated heterocycles. The molecule has 0 radical (unpaired) electrons. The lowest BCUT2D eigenvalue weighted by Gasteiger charge is -2.23. The van der Waals surface area contributed by atoms with Gasteiger partial charge in [-0.2, -0.15) is 5.26 Å². The Morgan fingerprint density at radius 1 is 1.41 bits per heavy atom. The summed E-state index contributed by atoms with van der Waals surface area (Å²) in [4.78, 5) is 11.5. The molecule has 0 fully saturated rings. The van der Waals surface area contributed by atoms with Crippen molar-refractivity contribution in [3.05, 3.63) is 44.9 Å². The van der Waals surface area contributed by atoms with Crippen molar-refractivity contribution in [2.24, 2.45) is 0 Å². The summed E-state index contributed by atoms with van der Waals surface area (Å²) in [5.74, 6) is -0.309. The van der Waals surface area contributed by atoms with Crippen molar-refractivity contribution in [3.63, 3.8) is 0 Å². The van der Waals surface area contributed by atoms with Crippen molar-refractivity contribution in [1.82, 2.24) is 5.32 Å². The van der Waals surface area contributed by atoms with Gasteiger partial charge in [-0.3, -0.25) is 4.79 Å². The molecule has 0 saturated carbocycles. The van der Waals surface area contributed by atoms with Crippen LogP contribution in [-0.2, 0) is 4.79 Å². The third kappa shape index (κ3) is 2.54.